The first kappa shape index (κ1) is 21.0. The van der Waals surface area contributed by atoms with E-state index in [0.29, 0.717) is 16.9 Å². The average molecular weight is 405 g/mol. The lowest BCUT2D eigenvalue weighted by molar-refractivity contribution is -0.122. The SMILES string of the molecule is CC(=O)c1ccc(NC(=O)C(C)Oc2ccc(=O)n(-c3ccc(C)c(C)c3)n2)cc1. The second kappa shape index (κ2) is 8.73. The second-order valence-corrected chi connectivity index (χ2v) is 7.07. The number of benzene rings is 2. The molecule has 2 aromatic carbocycles. The van der Waals surface area contributed by atoms with E-state index in [-0.39, 0.29) is 23.1 Å². The van der Waals surface area contributed by atoms with Crippen molar-refractivity contribution in [3.8, 4) is 11.6 Å². The van der Waals surface area contributed by atoms with E-state index < -0.39 is 6.10 Å². The van der Waals surface area contributed by atoms with Crippen LogP contribution >= 0.6 is 0 Å². The van der Waals surface area contributed by atoms with Gasteiger partial charge < -0.3 is 10.1 Å². The normalized spacial score (nSPS) is 11.6. The molecule has 7 heteroatoms. The van der Waals surface area contributed by atoms with Crippen LogP contribution in [0.5, 0.6) is 5.88 Å². The summed E-state index contributed by atoms with van der Waals surface area (Å²) in [6.07, 6.45) is -0.851. The van der Waals surface area contributed by atoms with E-state index in [1.165, 1.54) is 23.7 Å². The Morgan fingerprint density at radius 1 is 1.00 bits per heavy atom. The highest BCUT2D eigenvalue weighted by Crippen LogP contribution is 2.15. The molecule has 0 aliphatic carbocycles. The van der Waals surface area contributed by atoms with Crippen molar-refractivity contribution >= 4 is 17.4 Å². The molecule has 3 aromatic rings. The Morgan fingerprint density at radius 2 is 1.70 bits per heavy atom. The highest BCUT2D eigenvalue weighted by molar-refractivity contribution is 5.96. The maximum absolute atomic E-state index is 12.4. The van der Waals surface area contributed by atoms with Crippen molar-refractivity contribution in [3.63, 3.8) is 0 Å². The number of rotatable bonds is 6. The zero-order valence-corrected chi connectivity index (χ0v) is 17.3. The minimum atomic E-state index is -0.851. The molecule has 1 atom stereocenters. The molecule has 1 unspecified atom stereocenters. The van der Waals surface area contributed by atoms with Gasteiger partial charge in [-0.1, -0.05) is 6.07 Å². The Balaban J connectivity index is 1.73. The summed E-state index contributed by atoms with van der Waals surface area (Å²) in [5.74, 6) is -0.270. The number of ether oxygens (including phenoxy) is 1. The number of nitrogens with zero attached hydrogens (tertiary/aromatic N) is 2. The Bertz CT molecular complexity index is 1150. The van der Waals surface area contributed by atoms with Gasteiger partial charge in [0.15, 0.2) is 11.9 Å². The molecule has 1 amide bonds. The van der Waals surface area contributed by atoms with Crippen LogP contribution in [0.25, 0.3) is 5.69 Å². The minimum absolute atomic E-state index is 0.0467. The van der Waals surface area contributed by atoms with Gasteiger partial charge in [0.25, 0.3) is 11.5 Å². The van der Waals surface area contributed by atoms with Gasteiger partial charge in [0, 0.05) is 23.4 Å². The maximum atomic E-state index is 12.4. The number of carbonyl (C=O) groups is 2. The predicted molar refractivity (Wildman–Crippen MR) is 114 cm³/mol. The summed E-state index contributed by atoms with van der Waals surface area (Å²) in [7, 11) is 0. The highest BCUT2D eigenvalue weighted by atomic mass is 16.5. The summed E-state index contributed by atoms with van der Waals surface area (Å²) in [4.78, 5) is 36.0. The van der Waals surface area contributed by atoms with Crippen LogP contribution < -0.4 is 15.6 Å². The molecule has 0 aliphatic rings. The number of hydrogen-bond donors (Lipinski definition) is 1. The Kier molecular flexibility index (Phi) is 6.11. The van der Waals surface area contributed by atoms with Gasteiger partial charge in [-0.2, -0.15) is 4.68 Å². The lowest BCUT2D eigenvalue weighted by Crippen LogP contribution is -2.31. The zero-order valence-electron chi connectivity index (χ0n) is 17.3. The molecular weight excluding hydrogens is 382 g/mol. The summed E-state index contributed by atoms with van der Waals surface area (Å²) in [5.41, 5.74) is 3.59. The number of amides is 1. The number of aromatic nitrogens is 2. The lowest BCUT2D eigenvalue weighted by atomic mass is 10.1. The van der Waals surface area contributed by atoms with Gasteiger partial charge in [-0.3, -0.25) is 14.4 Å². The third-order valence-electron chi connectivity index (χ3n) is 4.74. The lowest BCUT2D eigenvalue weighted by Gasteiger charge is -2.15. The standard InChI is InChI=1S/C23H23N3O4/c1-14-5-10-20(13-15(14)2)26-22(28)12-11-21(25-26)30-17(4)23(29)24-19-8-6-18(7-9-19)16(3)27/h5-13,17H,1-4H3,(H,24,29). The fraction of sp³-hybridized carbons (Fsp3) is 0.217. The number of ketones is 1. The van der Waals surface area contributed by atoms with Gasteiger partial charge in [0.1, 0.15) is 0 Å². The highest BCUT2D eigenvalue weighted by Gasteiger charge is 2.17. The molecule has 30 heavy (non-hydrogen) atoms. The predicted octanol–water partition coefficient (Wildman–Crippen LogP) is 3.46. The molecular formula is C23H23N3O4. The second-order valence-electron chi connectivity index (χ2n) is 7.07. The van der Waals surface area contributed by atoms with E-state index in [0.717, 1.165) is 11.1 Å². The van der Waals surface area contributed by atoms with Crippen molar-refractivity contribution in [3.05, 3.63) is 81.6 Å². The summed E-state index contributed by atoms with van der Waals surface area (Å²) in [6, 6.07) is 15.0. The Hall–Kier alpha value is -3.74. The number of carbonyl (C=O) groups excluding carboxylic acids is 2. The van der Waals surface area contributed by atoms with Crippen LogP contribution in [0.3, 0.4) is 0 Å². The molecule has 0 aliphatic heterocycles. The van der Waals surface area contributed by atoms with Crippen molar-refractivity contribution < 1.29 is 14.3 Å². The summed E-state index contributed by atoms with van der Waals surface area (Å²) in [5, 5.41) is 6.97. The largest absolute Gasteiger partial charge is 0.463 e. The molecule has 1 N–H and O–H groups in total. The van der Waals surface area contributed by atoms with Crippen LogP contribution in [0.1, 0.15) is 35.3 Å². The van der Waals surface area contributed by atoms with Crippen LogP contribution in [0.4, 0.5) is 5.69 Å². The molecule has 0 fully saturated rings. The first-order valence-corrected chi connectivity index (χ1v) is 9.51. The molecule has 1 aromatic heterocycles. The topological polar surface area (TPSA) is 90.3 Å². The fourth-order valence-corrected chi connectivity index (χ4v) is 2.77. The van der Waals surface area contributed by atoms with Crippen LogP contribution in [0.15, 0.2) is 59.4 Å². The van der Waals surface area contributed by atoms with Crippen molar-refractivity contribution in [2.24, 2.45) is 0 Å². The van der Waals surface area contributed by atoms with E-state index >= 15 is 0 Å². The summed E-state index contributed by atoms with van der Waals surface area (Å²) in [6.45, 7) is 7.02. The van der Waals surface area contributed by atoms with Crippen molar-refractivity contribution in [1.82, 2.24) is 9.78 Å². The van der Waals surface area contributed by atoms with E-state index in [4.69, 9.17) is 4.74 Å². The Labute approximate surface area is 174 Å². The molecule has 0 saturated carbocycles. The van der Waals surface area contributed by atoms with Gasteiger partial charge >= 0.3 is 0 Å². The number of nitrogens with one attached hydrogen (secondary N) is 1. The molecule has 0 bridgehead atoms. The van der Waals surface area contributed by atoms with Gasteiger partial charge in [0.2, 0.25) is 5.88 Å². The molecule has 0 radical (unpaired) electrons. The van der Waals surface area contributed by atoms with Crippen molar-refractivity contribution in [2.45, 2.75) is 33.8 Å². The third kappa shape index (κ3) is 4.81. The number of aryl methyl sites for hydroxylation is 2. The summed E-state index contributed by atoms with van der Waals surface area (Å²) >= 11 is 0. The minimum Gasteiger partial charge on any atom is -0.463 e. The number of anilines is 1. The van der Waals surface area contributed by atoms with Crippen LogP contribution in [0.2, 0.25) is 0 Å². The van der Waals surface area contributed by atoms with Gasteiger partial charge in [-0.05, 0) is 75.2 Å². The van der Waals surface area contributed by atoms with E-state index in [1.807, 2.05) is 26.0 Å². The van der Waals surface area contributed by atoms with Gasteiger partial charge in [0.05, 0.1) is 5.69 Å². The van der Waals surface area contributed by atoms with Gasteiger partial charge in [-0.15, -0.1) is 5.10 Å². The monoisotopic (exact) mass is 405 g/mol. The zero-order chi connectivity index (χ0) is 21.8. The van der Waals surface area contributed by atoms with Crippen LogP contribution in [0, 0.1) is 13.8 Å². The number of hydrogen-bond acceptors (Lipinski definition) is 5. The quantitative estimate of drug-likeness (QED) is 0.635. The van der Waals surface area contributed by atoms with Crippen LogP contribution in [-0.4, -0.2) is 27.6 Å². The fourth-order valence-electron chi connectivity index (χ4n) is 2.77. The first-order chi connectivity index (χ1) is 14.2. The first-order valence-electron chi connectivity index (χ1n) is 9.51. The molecule has 0 saturated heterocycles. The van der Waals surface area contributed by atoms with Crippen molar-refractivity contribution in [1.29, 1.82) is 0 Å². The smallest absolute Gasteiger partial charge is 0.271 e. The molecule has 7 nitrogen and oxygen atoms in total. The van der Waals surface area contributed by atoms with E-state index in [2.05, 4.69) is 10.4 Å². The van der Waals surface area contributed by atoms with Gasteiger partial charge in [-0.25, -0.2) is 0 Å². The van der Waals surface area contributed by atoms with Crippen LogP contribution in [-0.2, 0) is 4.79 Å². The molecule has 0 spiro atoms. The third-order valence-corrected chi connectivity index (χ3v) is 4.74. The molecule has 3 rings (SSSR count). The molecule has 154 valence electrons. The Morgan fingerprint density at radius 3 is 2.33 bits per heavy atom. The van der Waals surface area contributed by atoms with E-state index in [1.54, 1.807) is 37.3 Å². The molecule has 1 heterocycles. The summed E-state index contributed by atoms with van der Waals surface area (Å²) < 4.78 is 6.89. The van der Waals surface area contributed by atoms with Crippen molar-refractivity contribution in [2.75, 3.05) is 5.32 Å². The average Bonchev–Trinajstić information content (AvgIpc) is 2.72. The number of Topliss-reactive ketones (excluding diaryl/α,β-unsaturated/α-hetero) is 1. The van der Waals surface area contributed by atoms with E-state index in [9.17, 15) is 14.4 Å². The maximum Gasteiger partial charge on any atom is 0.271 e.